The third-order valence-electron chi connectivity index (χ3n) is 2.92. The van der Waals surface area contributed by atoms with Crippen molar-refractivity contribution in [3.63, 3.8) is 0 Å². The van der Waals surface area contributed by atoms with Crippen LogP contribution in [0.15, 0.2) is 29.9 Å². The van der Waals surface area contributed by atoms with Gasteiger partial charge >= 0.3 is 0 Å². The molecule has 0 radical (unpaired) electrons. The van der Waals surface area contributed by atoms with E-state index >= 15 is 0 Å². The maximum Gasteiger partial charge on any atom is 0.243 e. The summed E-state index contributed by atoms with van der Waals surface area (Å²) in [5.74, 6) is -0.0793. The highest BCUT2D eigenvalue weighted by Gasteiger charge is 2.19. The Labute approximate surface area is 126 Å². The number of hydrogen-bond donors (Lipinski definition) is 1. The number of rotatable bonds is 5. The van der Waals surface area contributed by atoms with Crippen LogP contribution in [0.3, 0.4) is 0 Å². The summed E-state index contributed by atoms with van der Waals surface area (Å²) in [6, 6.07) is 3.37. The third kappa shape index (κ3) is 4.00. The lowest BCUT2D eigenvalue weighted by molar-refractivity contribution is -0.120. The molecular weight excluding hydrogens is 296 g/mol. The van der Waals surface area contributed by atoms with Gasteiger partial charge in [0, 0.05) is 24.3 Å². The molecule has 0 aliphatic carbocycles. The SMILES string of the molecule is CC(C(=O)Nc1nccs1)N(C)Cc1ccc(Cl)nc1. The van der Waals surface area contributed by atoms with Crippen LogP contribution in [0.1, 0.15) is 12.5 Å². The molecule has 1 atom stereocenters. The Morgan fingerprint density at radius 2 is 2.30 bits per heavy atom. The van der Waals surface area contributed by atoms with Crippen molar-refractivity contribution in [3.8, 4) is 0 Å². The molecule has 0 aliphatic heterocycles. The van der Waals surface area contributed by atoms with Crippen molar-refractivity contribution < 1.29 is 4.79 Å². The minimum absolute atomic E-state index is 0.0793. The average Bonchev–Trinajstić information content (AvgIpc) is 2.93. The Kier molecular flexibility index (Phi) is 5.05. The van der Waals surface area contributed by atoms with Crippen LogP contribution in [0.25, 0.3) is 0 Å². The lowest BCUT2D eigenvalue weighted by Crippen LogP contribution is -2.39. The highest BCUT2D eigenvalue weighted by atomic mass is 35.5. The first-order valence-electron chi connectivity index (χ1n) is 6.07. The number of aromatic nitrogens is 2. The van der Waals surface area contributed by atoms with Crippen molar-refractivity contribution in [1.29, 1.82) is 0 Å². The third-order valence-corrected chi connectivity index (χ3v) is 3.84. The number of hydrogen-bond acceptors (Lipinski definition) is 5. The molecule has 0 saturated carbocycles. The van der Waals surface area contributed by atoms with Crippen LogP contribution in [-0.2, 0) is 11.3 Å². The first kappa shape index (κ1) is 14.9. The topological polar surface area (TPSA) is 58.1 Å². The summed E-state index contributed by atoms with van der Waals surface area (Å²) in [6.07, 6.45) is 3.37. The molecule has 0 spiro atoms. The monoisotopic (exact) mass is 310 g/mol. The molecule has 1 unspecified atom stereocenters. The van der Waals surface area contributed by atoms with Gasteiger partial charge < -0.3 is 5.32 Å². The molecular formula is C13H15ClN4OS. The van der Waals surface area contributed by atoms with Crippen molar-refractivity contribution in [1.82, 2.24) is 14.9 Å². The molecule has 0 aliphatic rings. The molecule has 0 aromatic carbocycles. The predicted octanol–water partition coefficient (Wildman–Crippen LogP) is 2.65. The second-order valence-electron chi connectivity index (χ2n) is 4.41. The fraction of sp³-hybridized carbons (Fsp3) is 0.308. The number of halogens is 1. The lowest BCUT2D eigenvalue weighted by atomic mass is 10.2. The number of nitrogens with one attached hydrogen (secondary N) is 1. The second kappa shape index (κ2) is 6.78. The summed E-state index contributed by atoms with van der Waals surface area (Å²) in [5, 5.41) is 5.69. The number of nitrogens with zero attached hydrogens (tertiary/aromatic N) is 3. The molecule has 2 aromatic heterocycles. The molecule has 2 heterocycles. The fourth-order valence-electron chi connectivity index (χ4n) is 1.62. The summed E-state index contributed by atoms with van der Waals surface area (Å²) in [5.41, 5.74) is 1.01. The zero-order chi connectivity index (χ0) is 14.5. The maximum atomic E-state index is 12.1. The zero-order valence-corrected chi connectivity index (χ0v) is 12.8. The van der Waals surface area contributed by atoms with Crippen LogP contribution >= 0.6 is 22.9 Å². The first-order valence-corrected chi connectivity index (χ1v) is 7.33. The van der Waals surface area contributed by atoms with Crippen LogP contribution in [0, 0.1) is 0 Å². The number of likely N-dealkylation sites (N-methyl/N-ethyl adjacent to an activating group) is 1. The van der Waals surface area contributed by atoms with E-state index in [1.165, 1.54) is 11.3 Å². The minimum Gasteiger partial charge on any atom is -0.301 e. The van der Waals surface area contributed by atoms with Gasteiger partial charge in [0.2, 0.25) is 5.91 Å². The van der Waals surface area contributed by atoms with Crippen molar-refractivity contribution >= 4 is 34.0 Å². The van der Waals surface area contributed by atoms with E-state index in [1.807, 2.05) is 30.3 Å². The van der Waals surface area contributed by atoms with Crippen LogP contribution in [0.5, 0.6) is 0 Å². The van der Waals surface area contributed by atoms with Crippen LogP contribution in [-0.4, -0.2) is 33.9 Å². The molecule has 20 heavy (non-hydrogen) atoms. The van der Waals surface area contributed by atoms with Gasteiger partial charge in [0.05, 0.1) is 6.04 Å². The van der Waals surface area contributed by atoms with Gasteiger partial charge in [0.15, 0.2) is 5.13 Å². The Bertz CT molecular complexity index is 558. The van der Waals surface area contributed by atoms with Gasteiger partial charge in [-0.15, -0.1) is 11.3 Å². The Hall–Kier alpha value is -1.50. The number of amides is 1. The van der Waals surface area contributed by atoms with Crippen LogP contribution in [0.4, 0.5) is 5.13 Å². The molecule has 106 valence electrons. The number of anilines is 1. The van der Waals surface area contributed by atoms with E-state index in [1.54, 1.807) is 18.5 Å². The number of carbonyl (C=O) groups is 1. The van der Waals surface area contributed by atoms with Gasteiger partial charge in [0.1, 0.15) is 5.15 Å². The molecule has 2 rings (SSSR count). The zero-order valence-electron chi connectivity index (χ0n) is 11.2. The van der Waals surface area contributed by atoms with E-state index in [9.17, 15) is 4.79 Å². The standard InChI is InChI=1S/C13H15ClN4OS/c1-9(12(19)17-13-15-5-6-20-13)18(2)8-10-3-4-11(14)16-7-10/h3-7,9H,8H2,1-2H3,(H,15,17,19). The average molecular weight is 311 g/mol. The molecule has 1 amide bonds. The highest BCUT2D eigenvalue weighted by molar-refractivity contribution is 7.13. The van der Waals surface area contributed by atoms with E-state index in [0.29, 0.717) is 16.8 Å². The lowest BCUT2D eigenvalue weighted by Gasteiger charge is -2.23. The molecule has 0 bridgehead atoms. The Balaban J connectivity index is 1.92. The highest BCUT2D eigenvalue weighted by Crippen LogP contribution is 2.13. The van der Waals surface area contributed by atoms with Gasteiger partial charge in [-0.05, 0) is 25.6 Å². The predicted molar refractivity (Wildman–Crippen MR) is 80.9 cm³/mol. The van der Waals surface area contributed by atoms with E-state index in [0.717, 1.165) is 5.56 Å². The quantitative estimate of drug-likeness (QED) is 0.863. The summed E-state index contributed by atoms with van der Waals surface area (Å²) in [7, 11) is 1.89. The minimum atomic E-state index is -0.269. The van der Waals surface area contributed by atoms with E-state index in [-0.39, 0.29) is 11.9 Å². The smallest absolute Gasteiger partial charge is 0.243 e. The van der Waals surface area contributed by atoms with Crippen molar-refractivity contribution in [2.24, 2.45) is 0 Å². The van der Waals surface area contributed by atoms with Gasteiger partial charge in [-0.2, -0.15) is 0 Å². The summed E-state index contributed by atoms with van der Waals surface area (Å²) < 4.78 is 0. The maximum absolute atomic E-state index is 12.1. The summed E-state index contributed by atoms with van der Waals surface area (Å²) in [6.45, 7) is 2.48. The molecule has 0 fully saturated rings. The van der Waals surface area contributed by atoms with Crippen LogP contribution < -0.4 is 5.32 Å². The first-order chi connectivity index (χ1) is 9.56. The second-order valence-corrected chi connectivity index (χ2v) is 5.69. The van der Waals surface area contributed by atoms with Gasteiger partial charge in [-0.25, -0.2) is 9.97 Å². The van der Waals surface area contributed by atoms with Crippen molar-refractivity contribution in [3.05, 3.63) is 40.6 Å². The summed E-state index contributed by atoms with van der Waals surface area (Å²) in [4.78, 5) is 22.1. The Morgan fingerprint density at radius 3 is 2.90 bits per heavy atom. The molecule has 5 nitrogen and oxygen atoms in total. The molecule has 1 N–H and O–H groups in total. The van der Waals surface area contributed by atoms with Gasteiger partial charge in [-0.3, -0.25) is 9.69 Å². The van der Waals surface area contributed by atoms with Gasteiger partial charge in [0.25, 0.3) is 0 Å². The molecule has 2 aromatic rings. The summed E-state index contributed by atoms with van der Waals surface area (Å²) >= 11 is 7.15. The largest absolute Gasteiger partial charge is 0.301 e. The van der Waals surface area contributed by atoms with E-state index < -0.39 is 0 Å². The number of pyridine rings is 1. The van der Waals surface area contributed by atoms with Crippen molar-refractivity contribution in [2.45, 2.75) is 19.5 Å². The van der Waals surface area contributed by atoms with E-state index in [4.69, 9.17) is 11.6 Å². The van der Waals surface area contributed by atoms with Crippen molar-refractivity contribution in [2.75, 3.05) is 12.4 Å². The fourth-order valence-corrected chi connectivity index (χ4v) is 2.26. The number of thiazole rings is 1. The van der Waals surface area contributed by atoms with Crippen LogP contribution in [0.2, 0.25) is 5.15 Å². The van der Waals surface area contributed by atoms with Gasteiger partial charge in [-0.1, -0.05) is 17.7 Å². The van der Waals surface area contributed by atoms with E-state index in [2.05, 4.69) is 15.3 Å². The molecule has 0 saturated heterocycles. The molecule has 7 heteroatoms. The number of carbonyl (C=O) groups excluding carboxylic acids is 1. The normalized spacial score (nSPS) is 12.4. The Morgan fingerprint density at radius 1 is 1.50 bits per heavy atom.